The fourth-order valence-corrected chi connectivity index (χ4v) is 1.58. The summed E-state index contributed by atoms with van der Waals surface area (Å²) >= 11 is 0. The highest BCUT2D eigenvalue weighted by molar-refractivity contribution is 6.08. The Morgan fingerprint density at radius 2 is 1.67 bits per heavy atom. The molecule has 0 unspecified atom stereocenters. The van der Waals surface area contributed by atoms with Gasteiger partial charge in [-0.05, 0) is 12.1 Å². The molecule has 2 rings (SSSR count). The van der Waals surface area contributed by atoms with E-state index in [4.69, 9.17) is 12.6 Å². The first-order chi connectivity index (χ1) is 8.79. The predicted molar refractivity (Wildman–Crippen MR) is 72.2 cm³/mol. The first kappa shape index (κ1) is 12.4. The molecule has 0 aliphatic rings. The molecular formula is C15H13BO2. The Bertz CT molecular complexity index is 506. The van der Waals surface area contributed by atoms with Crippen LogP contribution in [0.5, 0.6) is 5.75 Å². The summed E-state index contributed by atoms with van der Waals surface area (Å²) in [5, 5.41) is 0. The van der Waals surface area contributed by atoms with Gasteiger partial charge in [0.05, 0.1) is 7.85 Å². The Hall–Kier alpha value is -2.03. The highest BCUT2D eigenvalue weighted by atomic mass is 16.5. The summed E-state index contributed by atoms with van der Waals surface area (Å²) in [4.78, 5) is 11.8. The predicted octanol–water partition coefficient (Wildman–Crippen LogP) is 2.62. The van der Waals surface area contributed by atoms with Gasteiger partial charge in [-0.1, -0.05) is 54.3 Å². The quantitative estimate of drug-likeness (QED) is 0.589. The summed E-state index contributed by atoms with van der Waals surface area (Å²) in [7, 11) is 5.50. The first-order valence-corrected chi connectivity index (χ1v) is 5.79. The molecule has 0 heterocycles. The molecule has 0 atom stereocenters. The van der Waals surface area contributed by atoms with Gasteiger partial charge in [0.15, 0.2) is 12.4 Å². The van der Waals surface area contributed by atoms with E-state index in [0.29, 0.717) is 17.6 Å². The Morgan fingerprint density at radius 1 is 1.00 bits per heavy atom. The average Bonchev–Trinajstić information content (AvgIpc) is 2.46. The lowest BCUT2D eigenvalue weighted by Crippen LogP contribution is -2.11. The van der Waals surface area contributed by atoms with E-state index in [1.54, 1.807) is 12.1 Å². The van der Waals surface area contributed by atoms with Gasteiger partial charge in [0.1, 0.15) is 5.75 Å². The van der Waals surface area contributed by atoms with E-state index in [9.17, 15) is 4.79 Å². The molecule has 0 amide bonds. The number of hydrogen-bond donors (Lipinski definition) is 0. The third-order valence-electron chi connectivity index (χ3n) is 2.62. The van der Waals surface area contributed by atoms with E-state index in [1.165, 1.54) is 0 Å². The molecule has 0 spiro atoms. The van der Waals surface area contributed by atoms with E-state index >= 15 is 0 Å². The Morgan fingerprint density at radius 3 is 2.28 bits per heavy atom. The maximum absolute atomic E-state index is 11.8. The van der Waals surface area contributed by atoms with Crippen LogP contribution in [0.1, 0.15) is 15.9 Å². The fourth-order valence-electron chi connectivity index (χ4n) is 1.58. The van der Waals surface area contributed by atoms with Gasteiger partial charge in [-0.2, -0.15) is 0 Å². The van der Waals surface area contributed by atoms with E-state index in [1.807, 2.05) is 42.5 Å². The van der Waals surface area contributed by atoms with E-state index < -0.39 is 0 Å². The van der Waals surface area contributed by atoms with Crippen LogP contribution in [-0.2, 0) is 6.32 Å². The second kappa shape index (κ2) is 6.06. The molecule has 2 nitrogen and oxygen atoms in total. The third-order valence-corrected chi connectivity index (χ3v) is 2.62. The molecule has 18 heavy (non-hydrogen) atoms. The highest BCUT2D eigenvalue weighted by Gasteiger charge is 2.05. The summed E-state index contributed by atoms with van der Waals surface area (Å²) < 4.78 is 5.43. The molecule has 2 aromatic carbocycles. The second-order valence-electron chi connectivity index (χ2n) is 3.93. The maximum Gasteiger partial charge on any atom is 0.200 e. The molecule has 0 bridgehead atoms. The lowest BCUT2D eigenvalue weighted by molar-refractivity contribution is 0.0921. The number of rotatable bonds is 5. The summed E-state index contributed by atoms with van der Waals surface area (Å²) in [5.41, 5.74) is 1.70. The van der Waals surface area contributed by atoms with Gasteiger partial charge in [0.25, 0.3) is 0 Å². The molecule has 0 fully saturated rings. The minimum Gasteiger partial charge on any atom is -0.485 e. The molecule has 0 aliphatic carbocycles. The topological polar surface area (TPSA) is 26.3 Å². The molecule has 2 aromatic rings. The highest BCUT2D eigenvalue weighted by Crippen LogP contribution is 2.12. The third kappa shape index (κ3) is 3.23. The van der Waals surface area contributed by atoms with Crippen molar-refractivity contribution in [1.29, 1.82) is 0 Å². The zero-order chi connectivity index (χ0) is 12.8. The number of carbonyl (C=O) groups excluding carboxylic acids is 1. The van der Waals surface area contributed by atoms with Crippen LogP contribution in [0.3, 0.4) is 0 Å². The van der Waals surface area contributed by atoms with Crippen LogP contribution in [0.25, 0.3) is 0 Å². The molecule has 0 saturated heterocycles. The number of hydrogen-bond acceptors (Lipinski definition) is 2. The standard InChI is InChI=1S/C15H13BO2/c16-10-12-6-8-14(9-7-12)18-11-15(17)13-4-2-1-3-5-13/h1-9H,10-11H2. The van der Waals surface area contributed by atoms with Crippen LogP contribution in [-0.4, -0.2) is 20.2 Å². The van der Waals surface area contributed by atoms with Gasteiger partial charge in [0.2, 0.25) is 0 Å². The molecule has 88 valence electrons. The van der Waals surface area contributed by atoms with E-state index in [0.717, 1.165) is 5.56 Å². The smallest absolute Gasteiger partial charge is 0.200 e. The van der Waals surface area contributed by atoms with Gasteiger partial charge in [0, 0.05) is 5.56 Å². The van der Waals surface area contributed by atoms with Crippen LogP contribution in [0.2, 0.25) is 0 Å². The van der Waals surface area contributed by atoms with Crippen molar-refractivity contribution in [1.82, 2.24) is 0 Å². The molecule has 3 heteroatoms. The summed E-state index contributed by atoms with van der Waals surface area (Å²) in [5.74, 6) is 0.648. The summed E-state index contributed by atoms with van der Waals surface area (Å²) in [6.07, 6.45) is 0.503. The number of carbonyl (C=O) groups is 1. The second-order valence-corrected chi connectivity index (χ2v) is 3.93. The van der Waals surface area contributed by atoms with Gasteiger partial charge < -0.3 is 4.74 Å². The van der Waals surface area contributed by atoms with Crippen molar-refractivity contribution < 1.29 is 9.53 Å². The monoisotopic (exact) mass is 236 g/mol. The Labute approximate surface area is 108 Å². The Kier molecular flexibility index (Phi) is 4.18. The van der Waals surface area contributed by atoms with Crippen molar-refractivity contribution >= 4 is 13.6 Å². The van der Waals surface area contributed by atoms with Crippen molar-refractivity contribution in [2.24, 2.45) is 0 Å². The number of ketones is 1. The average molecular weight is 236 g/mol. The fraction of sp³-hybridized carbons (Fsp3) is 0.133. The van der Waals surface area contributed by atoms with Crippen molar-refractivity contribution in [2.45, 2.75) is 6.32 Å². The molecule has 0 aromatic heterocycles. The number of ether oxygens (including phenoxy) is 1. The minimum atomic E-state index is -0.0292. The maximum atomic E-state index is 11.8. The minimum absolute atomic E-state index is 0.0292. The zero-order valence-electron chi connectivity index (χ0n) is 10.0. The zero-order valence-corrected chi connectivity index (χ0v) is 10.0. The number of Topliss-reactive ketones (excluding diaryl/α,β-unsaturated/α-hetero) is 1. The lowest BCUT2D eigenvalue weighted by atomic mass is 9.97. The van der Waals surface area contributed by atoms with E-state index in [-0.39, 0.29) is 12.4 Å². The lowest BCUT2D eigenvalue weighted by Gasteiger charge is -2.06. The van der Waals surface area contributed by atoms with Gasteiger partial charge >= 0.3 is 0 Å². The van der Waals surface area contributed by atoms with Crippen LogP contribution in [0, 0.1) is 0 Å². The van der Waals surface area contributed by atoms with Crippen molar-refractivity contribution in [2.75, 3.05) is 6.61 Å². The van der Waals surface area contributed by atoms with Crippen molar-refractivity contribution in [3.63, 3.8) is 0 Å². The van der Waals surface area contributed by atoms with Crippen molar-refractivity contribution in [3.8, 4) is 5.75 Å². The number of benzene rings is 2. The molecular weight excluding hydrogens is 223 g/mol. The van der Waals surface area contributed by atoms with Crippen molar-refractivity contribution in [3.05, 3.63) is 65.7 Å². The molecule has 2 radical (unpaired) electrons. The SMILES string of the molecule is [B]Cc1ccc(OCC(=O)c2ccccc2)cc1. The normalized spacial score (nSPS) is 10.0. The largest absolute Gasteiger partial charge is 0.485 e. The first-order valence-electron chi connectivity index (χ1n) is 5.79. The van der Waals surface area contributed by atoms with E-state index in [2.05, 4.69) is 0 Å². The molecule has 0 aliphatic heterocycles. The van der Waals surface area contributed by atoms with Crippen LogP contribution >= 0.6 is 0 Å². The Balaban J connectivity index is 1.93. The van der Waals surface area contributed by atoms with Crippen LogP contribution < -0.4 is 4.74 Å². The molecule has 0 saturated carbocycles. The summed E-state index contributed by atoms with van der Waals surface area (Å²) in [6.45, 7) is 0.0476. The van der Waals surface area contributed by atoms with Gasteiger partial charge in [-0.25, -0.2) is 0 Å². The van der Waals surface area contributed by atoms with Gasteiger partial charge in [-0.15, -0.1) is 0 Å². The van der Waals surface area contributed by atoms with Crippen LogP contribution in [0.15, 0.2) is 54.6 Å². The summed E-state index contributed by atoms with van der Waals surface area (Å²) in [6, 6.07) is 16.5. The molecule has 0 N–H and O–H groups in total. The van der Waals surface area contributed by atoms with Crippen LogP contribution in [0.4, 0.5) is 0 Å². The van der Waals surface area contributed by atoms with Gasteiger partial charge in [-0.3, -0.25) is 4.79 Å².